The first-order chi connectivity index (χ1) is 6.35. The van der Waals surface area contributed by atoms with E-state index in [0.717, 1.165) is 0 Å². The van der Waals surface area contributed by atoms with E-state index in [4.69, 9.17) is 0 Å². The smallest absolute Gasteiger partial charge is 0.211 e. The summed E-state index contributed by atoms with van der Waals surface area (Å²) in [5.41, 5.74) is 0. The molecule has 0 spiro atoms. The fraction of sp³-hybridized carbons (Fsp3) is 1.00. The van der Waals surface area contributed by atoms with Crippen molar-refractivity contribution in [2.45, 2.75) is 25.8 Å². The molecule has 0 bridgehead atoms. The fourth-order valence-corrected chi connectivity index (χ4v) is 3.75. The summed E-state index contributed by atoms with van der Waals surface area (Å²) >= 11 is 0. The molecule has 0 aromatic rings. The van der Waals surface area contributed by atoms with Gasteiger partial charge in [0.15, 0.2) is 0 Å². The van der Waals surface area contributed by atoms with Gasteiger partial charge in [-0.05, 0) is 19.8 Å². The van der Waals surface area contributed by atoms with Crippen LogP contribution in [0.2, 0.25) is 0 Å². The first-order valence-corrected chi connectivity index (χ1v) is 8.02. The Hall–Kier alpha value is -0.140. The summed E-state index contributed by atoms with van der Waals surface area (Å²) in [5, 5.41) is 0. The first kappa shape index (κ1) is 11.9. The molecule has 1 fully saturated rings. The Kier molecular flexibility index (Phi) is 3.54. The maximum Gasteiger partial charge on any atom is 0.211 e. The number of hydrogen-bond acceptors (Lipinski definition) is 4. The van der Waals surface area contributed by atoms with E-state index in [2.05, 4.69) is 4.72 Å². The van der Waals surface area contributed by atoms with Gasteiger partial charge in [-0.2, -0.15) is 0 Å². The monoisotopic (exact) mass is 241 g/mol. The van der Waals surface area contributed by atoms with Crippen LogP contribution in [0.15, 0.2) is 0 Å². The molecule has 0 aromatic carbocycles. The highest BCUT2D eigenvalue weighted by molar-refractivity contribution is 7.91. The third-order valence-corrected chi connectivity index (χ3v) is 5.45. The molecule has 1 saturated heterocycles. The molecule has 1 heterocycles. The topological polar surface area (TPSA) is 80.3 Å². The van der Waals surface area contributed by atoms with Crippen molar-refractivity contribution in [1.82, 2.24) is 4.72 Å². The summed E-state index contributed by atoms with van der Waals surface area (Å²) in [7, 11) is -6.11. The van der Waals surface area contributed by atoms with E-state index in [0.29, 0.717) is 12.8 Å². The van der Waals surface area contributed by atoms with Crippen molar-refractivity contribution < 1.29 is 16.8 Å². The minimum Gasteiger partial charge on any atom is -0.229 e. The number of rotatable bonds is 3. The van der Waals surface area contributed by atoms with Gasteiger partial charge < -0.3 is 0 Å². The average molecular weight is 241 g/mol. The molecule has 0 amide bonds. The molecule has 7 heteroatoms. The Morgan fingerprint density at radius 1 is 1.29 bits per heavy atom. The van der Waals surface area contributed by atoms with Gasteiger partial charge in [0.25, 0.3) is 0 Å². The predicted octanol–water partition coefficient (Wildman–Crippen LogP) is -0.497. The highest BCUT2D eigenvalue weighted by Crippen LogP contribution is 2.12. The van der Waals surface area contributed by atoms with Crippen molar-refractivity contribution in [3.63, 3.8) is 0 Å². The van der Waals surface area contributed by atoms with Crippen LogP contribution in [0.4, 0.5) is 0 Å². The predicted molar refractivity (Wildman–Crippen MR) is 54.3 cm³/mol. The molecule has 0 aliphatic carbocycles. The standard InChI is InChI=1S/C7H15NO4S2/c1-2-14(11,12)8-7-3-5-13(9,10)6-4-7/h7-8H,2-6H2,1H3. The van der Waals surface area contributed by atoms with E-state index in [-0.39, 0.29) is 23.3 Å². The molecule has 0 unspecified atom stereocenters. The maximum atomic E-state index is 11.2. The van der Waals surface area contributed by atoms with E-state index in [9.17, 15) is 16.8 Å². The number of sulfonamides is 1. The molecule has 1 rings (SSSR count). The minimum absolute atomic E-state index is 0.0379. The SMILES string of the molecule is CCS(=O)(=O)NC1CCS(=O)(=O)CC1. The van der Waals surface area contributed by atoms with Crippen LogP contribution in [-0.2, 0) is 19.9 Å². The Morgan fingerprint density at radius 3 is 2.21 bits per heavy atom. The lowest BCUT2D eigenvalue weighted by Crippen LogP contribution is -2.41. The van der Waals surface area contributed by atoms with Gasteiger partial charge in [-0.25, -0.2) is 21.6 Å². The first-order valence-electron chi connectivity index (χ1n) is 4.55. The van der Waals surface area contributed by atoms with Crippen molar-refractivity contribution in [2.24, 2.45) is 0 Å². The molecule has 1 N–H and O–H groups in total. The molecule has 0 atom stereocenters. The molecule has 0 saturated carbocycles. The Bertz CT molecular complexity index is 370. The Morgan fingerprint density at radius 2 is 1.79 bits per heavy atom. The van der Waals surface area contributed by atoms with Crippen molar-refractivity contribution in [2.75, 3.05) is 17.3 Å². The molecule has 0 radical (unpaired) electrons. The Labute approximate surface area is 84.9 Å². The molecule has 14 heavy (non-hydrogen) atoms. The van der Waals surface area contributed by atoms with Crippen LogP contribution in [0.3, 0.4) is 0 Å². The molecular weight excluding hydrogens is 226 g/mol. The van der Waals surface area contributed by atoms with Gasteiger partial charge in [0.05, 0.1) is 17.3 Å². The zero-order valence-corrected chi connectivity index (χ0v) is 9.70. The molecule has 5 nitrogen and oxygen atoms in total. The minimum atomic E-state index is -3.20. The third-order valence-electron chi connectivity index (χ3n) is 2.28. The second-order valence-corrected chi connectivity index (χ2v) is 7.79. The van der Waals surface area contributed by atoms with Crippen LogP contribution in [-0.4, -0.2) is 40.1 Å². The lowest BCUT2D eigenvalue weighted by molar-refractivity contribution is 0.506. The van der Waals surface area contributed by atoms with Gasteiger partial charge >= 0.3 is 0 Å². The average Bonchev–Trinajstić information content (AvgIpc) is 2.09. The molecule has 1 aliphatic heterocycles. The van der Waals surface area contributed by atoms with Gasteiger partial charge in [-0.3, -0.25) is 0 Å². The van der Waals surface area contributed by atoms with Gasteiger partial charge in [0, 0.05) is 6.04 Å². The third kappa shape index (κ3) is 3.55. The van der Waals surface area contributed by atoms with Crippen LogP contribution in [0.1, 0.15) is 19.8 Å². The largest absolute Gasteiger partial charge is 0.229 e. The molecule has 0 aromatic heterocycles. The van der Waals surface area contributed by atoms with E-state index >= 15 is 0 Å². The van der Waals surface area contributed by atoms with Gasteiger partial charge in [-0.1, -0.05) is 0 Å². The lowest BCUT2D eigenvalue weighted by Gasteiger charge is -2.22. The second kappa shape index (κ2) is 4.16. The molecule has 84 valence electrons. The quantitative estimate of drug-likeness (QED) is 0.722. The summed E-state index contributed by atoms with van der Waals surface area (Å²) in [6.07, 6.45) is 0.781. The second-order valence-electron chi connectivity index (χ2n) is 3.45. The van der Waals surface area contributed by atoms with Crippen molar-refractivity contribution in [3.05, 3.63) is 0 Å². The number of hydrogen-bond donors (Lipinski definition) is 1. The van der Waals surface area contributed by atoms with Crippen molar-refractivity contribution in [1.29, 1.82) is 0 Å². The number of nitrogens with one attached hydrogen (secondary N) is 1. The van der Waals surface area contributed by atoms with Crippen molar-refractivity contribution in [3.8, 4) is 0 Å². The summed E-state index contributed by atoms with van der Waals surface area (Å²) in [6, 6.07) is -0.205. The maximum absolute atomic E-state index is 11.2. The van der Waals surface area contributed by atoms with Crippen LogP contribution in [0, 0.1) is 0 Å². The molecule has 1 aliphatic rings. The molecular formula is C7H15NO4S2. The van der Waals surface area contributed by atoms with Gasteiger partial charge in [0.2, 0.25) is 10.0 Å². The summed E-state index contributed by atoms with van der Waals surface area (Å²) in [4.78, 5) is 0. The summed E-state index contributed by atoms with van der Waals surface area (Å²) in [6.45, 7) is 1.56. The fourth-order valence-electron chi connectivity index (χ4n) is 1.35. The highest BCUT2D eigenvalue weighted by Gasteiger charge is 2.25. The zero-order valence-electron chi connectivity index (χ0n) is 8.06. The Balaban J connectivity index is 2.52. The normalized spacial score (nSPS) is 23.5. The van der Waals surface area contributed by atoms with E-state index in [1.165, 1.54) is 0 Å². The zero-order chi connectivity index (χ0) is 10.8. The van der Waals surface area contributed by atoms with E-state index < -0.39 is 19.9 Å². The summed E-state index contributed by atoms with van der Waals surface area (Å²) in [5.74, 6) is 0.212. The van der Waals surface area contributed by atoms with Crippen LogP contribution in [0.5, 0.6) is 0 Å². The van der Waals surface area contributed by atoms with Gasteiger partial charge in [0.1, 0.15) is 9.84 Å². The van der Waals surface area contributed by atoms with E-state index in [1.807, 2.05) is 0 Å². The highest BCUT2D eigenvalue weighted by atomic mass is 32.2. The van der Waals surface area contributed by atoms with Gasteiger partial charge in [-0.15, -0.1) is 0 Å². The van der Waals surface area contributed by atoms with Crippen LogP contribution >= 0.6 is 0 Å². The van der Waals surface area contributed by atoms with Crippen LogP contribution in [0.25, 0.3) is 0 Å². The number of sulfone groups is 1. The van der Waals surface area contributed by atoms with Crippen molar-refractivity contribution >= 4 is 19.9 Å². The summed E-state index contributed by atoms with van der Waals surface area (Å²) < 4.78 is 46.9. The van der Waals surface area contributed by atoms with E-state index in [1.54, 1.807) is 6.92 Å². The lowest BCUT2D eigenvalue weighted by atomic mass is 10.2. The van der Waals surface area contributed by atoms with Crippen LogP contribution < -0.4 is 4.72 Å².